The smallest absolute Gasteiger partial charge is 0.113 e. The zero-order valence-electron chi connectivity index (χ0n) is 14.6. The fourth-order valence-corrected chi connectivity index (χ4v) is 3.45. The van der Waals surface area contributed by atoms with Crippen LogP contribution in [0.5, 0.6) is 0 Å². The highest BCUT2D eigenvalue weighted by Crippen LogP contribution is 2.22. The molecular formula is C20H34OS. The van der Waals surface area contributed by atoms with Gasteiger partial charge in [-0.3, -0.25) is 0 Å². The van der Waals surface area contributed by atoms with Crippen molar-refractivity contribution in [2.75, 3.05) is 0 Å². The highest BCUT2D eigenvalue weighted by atomic mass is 32.2. The summed E-state index contributed by atoms with van der Waals surface area (Å²) in [5.41, 5.74) is 0. The van der Waals surface area contributed by atoms with E-state index < -0.39 is 0 Å². The van der Waals surface area contributed by atoms with Crippen LogP contribution in [0.25, 0.3) is 0 Å². The van der Waals surface area contributed by atoms with Crippen LogP contribution in [0, 0.1) is 5.92 Å². The molecule has 0 aliphatic carbocycles. The number of unbranched alkanes of at least 4 members (excludes halogenated alkanes) is 6. The Bertz CT molecular complexity index is 344. The molecule has 0 saturated carbocycles. The number of furan rings is 1. The summed E-state index contributed by atoms with van der Waals surface area (Å²) in [5.74, 6) is 2.79. The molecule has 0 saturated heterocycles. The Morgan fingerprint density at radius 2 is 1.68 bits per heavy atom. The van der Waals surface area contributed by atoms with E-state index in [1.807, 2.05) is 23.9 Å². The Morgan fingerprint density at radius 1 is 1.00 bits per heavy atom. The lowest BCUT2D eigenvalue weighted by atomic mass is 9.95. The Hall–Kier alpha value is -0.630. The topological polar surface area (TPSA) is 13.1 Å². The van der Waals surface area contributed by atoms with Crippen LogP contribution in [-0.2, 0) is 5.75 Å². The summed E-state index contributed by atoms with van der Waals surface area (Å²) < 4.78 is 5.37. The molecular weight excluding hydrogens is 288 g/mol. The second-order valence-corrected chi connectivity index (χ2v) is 7.07. The molecule has 0 atom stereocenters. The second-order valence-electron chi connectivity index (χ2n) is 6.18. The average Bonchev–Trinajstić information content (AvgIpc) is 3.04. The van der Waals surface area contributed by atoms with E-state index in [1.165, 1.54) is 64.2 Å². The van der Waals surface area contributed by atoms with Gasteiger partial charge in [0, 0.05) is 0 Å². The Kier molecular flexibility index (Phi) is 12.4. The van der Waals surface area contributed by atoms with Crippen molar-refractivity contribution in [1.82, 2.24) is 0 Å². The molecule has 0 N–H and O–H groups in total. The minimum absolute atomic E-state index is 0.776. The van der Waals surface area contributed by atoms with Gasteiger partial charge in [0.15, 0.2) is 0 Å². The van der Waals surface area contributed by atoms with E-state index in [1.54, 1.807) is 6.26 Å². The van der Waals surface area contributed by atoms with Crippen LogP contribution in [0.1, 0.15) is 83.8 Å². The van der Waals surface area contributed by atoms with Crippen LogP contribution in [0.3, 0.4) is 0 Å². The molecule has 0 bridgehead atoms. The van der Waals surface area contributed by atoms with E-state index in [0.29, 0.717) is 0 Å². The van der Waals surface area contributed by atoms with Crippen LogP contribution in [0.4, 0.5) is 0 Å². The molecule has 0 fully saturated rings. The van der Waals surface area contributed by atoms with Crippen LogP contribution >= 0.6 is 11.8 Å². The highest BCUT2D eigenvalue weighted by Gasteiger charge is 2.05. The van der Waals surface area contributed by atoms with Crippen molar-refractivity contribution in [3.05, 3.63) is 35.6 Å². The first kappa shape index (κ1) is 19.4. The Morgan fingerprint density at radius 3 is 2.23 bits per heavy atom. The fraction of sp³-hybridized carbons (Fsp3) is 0.700. The van der Waals surface area contributed by atoms with Gasteiger partial charge in [0.25, 0.3) is 0 Å². The average molecular weight is 323 g/mol. The van der Waals surface area contributed by atoms with Gasteiger partial charge in [-0.1, -0.05) is 71.3 Å². The van der Waals surface area contributed by atoms with Gasteiger partial charge in [0.05, 0.1) is 12.0 Å². The van der Waals surface area contributed by atoms with Gasteiger partial charge < -0.3 is 4.42 Å². The first-order chi connectivity index (χ1) is 10.9. The van der Waals surface area contributed by atoms with Gasteiger partial charge in [-0.05, 0) is 36.3 Å². The minimum atomic E-state index is 0.776. The maximum Gasteiger partial charge on any atom is 0.113 e. The van der Waals surface area contributed by atoms with E-state index >= 15 is 0 Å². The van der Waals surface area contributed by atoms with Gasteiger partial charge in [0.1, 0.15) is 5.76 Å². The summed E-state index contributed by atoms with van der Waals surface area (Å²) in [6.07, 6.45) is 17.9. The van der Waals surface area contributed by atoms with Gasteiger partial charge >= 0.3 is 0 Å². The van der Waals surface area contributed by atoms with Crippen molar-refractivity contribution >= 4 is 11.8 Å². The largest absolute Gasteiger partial charge is 0.468 e. The Balaban J connectivity index is 2.24. The van der Waals surface area contributed by atoms with Crippen molar-refractivity contribution in [2.45, 2.75) is 83.8 Å². The van der Waals surface area contributed by atoms with E-state index in [2.05, 4.69) is 25.3 Å². The molecule has 0 radical (unpaired) electrons. The molecule has 0 aliphatic rings. The molecule has 126 valence electrons. The molecule has 1 aromatic heterocycles. The third-order valence-electron chi connectivity index (χ3n) is 4.11. The minimum Gasteiger partial charge on any atom is -0.468 e. The van der Waals surface area contributed by atoms with Crippen molar-refractivity contribution in [3.63, 3.8) is 0 Å². The van der Waals surface area contributed by atoms with Crippen molar-refractivity contribution in [2.24, 2.45) is 5.92 Å². The fourth-order valence-electron chi connectivity index (χ4n) is 2.70. The quantitative estimate of drug-likeness (QED) is 0.327. The molecule has 0 aromatic carbocycles. The van der Waals surface area contributed by atoms with E-state index in [0.717, 1.165) is 17.4 Å². The molecule has 22 heavy (non-hydrogen) atoms. The summed E-state index contributed by atoms with van der Waals surface area (Å²) in [4.78, 5) is 0. The second kappa shape index (κ2) is 14.0. The molecule has 2 heteroatoms. The summed E-state index contributed by atoms with van der Waals surface area (Å²) in [6, 6.07) is 4.01. The van der Waals surface area contributed by atoms with Gasteiger partial charge in [-0.25, -0.2) is 0 Å². The predicted molar refractivity (Wildman–Crippen MR) is 100 cm³/mol. The molecule has 0 amide bonds. The van der Waals surface area contributed by atoms with Crippen molar-refractivity contribution < 1.29 is 4.42 Å². The van der Waals surface area contributed by atoms with Crippen LogP contribution in [0.2, 0.25) is 0 Å². The van der Waals surface area contributed by atoms with Gasteiger partial charge in [-0.15, -0.1) is 11.8 Å². The number of hydrogen-bond acceptors (Lipinski definition) is 2. The highest BCUT2D eigenvalue weighted by molar-refractivity contribution is 8.01. The van der Waals surface area contributed by atoms with E-state index in [9.17, 15) is 0 Å². The molecule has 1 rings (SSSR count). The maximum absolute atomic E-state index is 5.37. The molecule has 0 spiro atoms. The van der Waals surface area contributed by atoms with Crippen LogP contribution in [-0.4, -0.2) is 0 Å². The number of thioether (sulfide) groups is 1. The van der Waals surface area contributed by atoms with E-state index in [4.69, 9.17) is 4.42 Å². The molecule has 0 unspecified atom stereocenters. The SMILES string of the molecule is CCCCCCC(/C=C/SCc1ccco1)CCCCCC. The predicted octanol–water partition coefficient (Wildman–Crippen LogP) is 7.58. The first-order valence-electron chi connectivity index (χ1n) is 9.17. The third-order valence-corrected chi connectivity index (χ3v) is 4.91. The summed E-state index contributed by atoms with van der Waals surface area (Å²) >= 11 is 1.85. The lowest BCUT2D eigenvalue weighted by Crippen LogP contribution is -1.97. The Labute approximate surface area is 141 Å². The van der Waals surface area contributed by atoms with Crippen LogP contribution < -0.4 is 0 Å². The number of hydrogen-bond donors (Lipinski definition) is 0. The molecule has 1 nitrogen and oxygen atoms in total. The molecule has 1 aromatic rings. The summed E-state index contributed by atoms with van der Waals surface area (Å²) in [5, 5.41) is 2.30. The van der Waals surface area contributed by atoms with Gasteiger partial charge in [-0.2, -0.15) is 0 Å². The molecule has 1 heterocycles. The number of rotatable bonds is 14. The lowest BCUT2D eigenvalue weighted by molar-refractivity contribution is 0.473. The standard InChI is InChI=1S/C20H34OS/c1-3-5-7-9-12-19(13-10-8-6-4-2)15-17-22-18-20-14-11-16-21-20/h11,14-17,19H,3-10,12-13,18H2,1-2H3/b17-15+. The monoisotopic (exact) mass is 322 g/mol. The normalized spacial score (nSPS) is 11.8. The van der Waals surface area contributed by atoms with Crippen molar-refractivity contribution in [3.8, 4) is 0 Å². The summed E-state index contributed by atoms with van der Waals surface area (Å²) in [6.45, 7) is 4.57. The van der Waals surface area contributed by atoms with Crippen LogP contribution in [0.15, 0.2) is 34.3 Å². The first-order valence-corrected chi connectivity index (χ1v) is 10.2. The van der Waals surface area contributed by atoms with E-state index in [-0.39, 0.29) is 0 Å². The zero-order valence-corrected chi connectivity index (χ0v) is 15.4. The van der Waals surface area contributed by atoms with Crippen molar-refractivity contribution in [1.29, 1.82) is 0 Å². The zero-order chi connectivity index (χ0) is 15.9. The molecule has 0 aliphatic heterocycles. The lowest BCUT2D eigenvalue weighted by Gasteiger charge is -2.12. The van der Waals surface area contributed by atoms with Gasteiger partial charge in [0.2, 0.25) is 0 Å². The maximum atomic E-state index is 5.37. The third kappa shape index (κ3) is 10.2. The number of allylic oxidation sites excluding steroid dienone is 1. The summed E-state index contributed by atoms with van der Waals surface area (Å²) in [7, 11) is 0.